The molecule has 1 amide bonds. The lowest BCUT2D eigenvalue weighted by molar-refractivity contribution is -0.135. The molecule has 102 valence electrons. The van der Waals surface area contributed by atoms with Crippen molar-refractivity contribution in [1.29, 1.82) is 0 Å². The van der Waals surface area contributed by atoms with E-state index in [1.807, 2.05) is 4.90 Å². The second-order valence-corrected chi connectivity index (χ2v) is 6.30. The molecule has 0 aromatic heterocycles. The SMILES string of the molecule is NC1(C(=O)N2CCC(N3CCCC3)C2)CCCC1. The summed E-state index contributed by atoms with van der Waals surface area (Å²) in [6, 6.07) is 0.599. The minimum Gasteiger partial charge on any atom is -0.339 e. The fourth-order valence-corrected chi connectivity index (χ4v) is 3.87. The zero-order valence-electron chi connectivity index (χ0n) is 11.2. The van der Waals surface area contributed by atoms with Crippen LogP contribution >= 0.6 is 0 Å². The molecule has 3 rings (SSSR count). The van der Waals surface area contributed by atoms with Gasteiger partial charge in [-0.15, -0.1) is 0 Å². The van der Waals surface area contributed by atoms with E-state index >= 15 is 0 Å². The number of carbonyl (C=O) groups is 1. The molecule has 2 heterocycles. The number of nitrogens with two attached hydrogens (primary N) is 1. The van der Waals surface area contributed by atoms with Crippen molar-refractivity contribution in [3.05, 3.63) is 0 Å². The Hall–Kier alpha value is -0.610. The molecule has 3 fully saturated rings. The fourth-order valence-electron chi connectivity index (χ4n) is 3.87. The van der Waals surface area contributed by atoms with Gasteiger partial charge in [-0.05, 0) is 45.2 Å². The van der Waals surface area contributed by atoms with E-state index in [9.17, 15) is 4.79 Å². The van der Waals surface area contributed by atoms with Crippen LogP contribution in [0.15, 0.2) is 0 Å². The van der Waals surface area contributed by atoms with Crippen LogP contribution in [0.2, 0.25) is 0 Å². The van der Waals surface area contributed by atoms with E-state index in [-0.39, 0.29) is 5.91 Å². The highest BCUT2D eigenvalue weighted by Gasteiger charge is 2.42. The Balaban J connectivity index is 1.59. The first-order valence-electron chi connectivity index (χ1n) is 7.51. The van der Waals surface area contributed by atoms with E-state index in [2.05, 4.69) is 4.90 Å². The van der Waals surface area contributed by atoms with Crippen molar-refractivity contribution in [2.75, 3.05) is 26.2 Å². The van der Waals surface area contributed by atoms with Gasteiger partial charge in [0.1, 0.15) is 0 Å². The summed E-state index contributed by atoms with van der Waals surface area (Å²) in [4.78, 5) is 17.1. The Bertz CT molecular complexity index is 319. The number of carbonyl (C=O) groups excluding carboxylic acids is 1. The van der Waals surface area contributed by atoms with Gasteiger partial charge < -0.3 is 10.6 Å². The topological polar surface area (TPSA) is 49.6 Å². The second-order valence-electron chi connectivity index (χ2n) is 6.30. The van der Waals surface area contributed by atoms with Crippen molar-refractivity contribution >= 4 is 5.91 Å². The molecule has 0 aromatic rings. The molecule has 2 N–H and O–H groups in total. The van der Waals surface area contributed by atoms with Gasteiger partial charge in [-0.25, -0.2) is 0 Å². The predicted octanol–water partition coefficient (Wildman–Crippen LogP) is 0.955. The Kier molecular flexibility index (Phi) is 3.32. The number of hydrogen-bond acceptors (Lipinski definition) is 3. The molecule has 4 heteroatoms. The van der Waals surface area contributed by atoms with Crippen molar-refractivity contribution in [3.63, 3.8) is 0 Å². The molecule has 0 aromatic carbocycles. The maximum atomic E-state index is 12.5. The molecule has 0 radical (unpaired) electrons. The summed E-state index contributed by atoms with van der Waals surface area (Å²) in [7, 11) is 0. The highest BCUT2D eigenvalue weighted by atomic mass is 16.2. The second kappa shape index (κ2) is 4.82. The zero-order valence-corrected chi connectivity index (χ0v) is 11.2. The predicted molar refractivity (Wildman–Crippen MR) is 71.2 cm³/mol. The van der Waals surface area contributed by atoms with E-state index in [0.717, 1.165) is 45.2 Å². The van der Waals surface area contributed by atoms with E-state index in [1.54, 1.807) is 0 Å². The lowest BCUT2D eigenvalue weighted by Gasteiger charge is -2.29. The smallest absolute Gasteiger partial charge is 0.242 e. The third-order valence-corrected chi connectivity index (χ3v) is 5.03. The van der Waals surface area contributed by atoms with Crippen LogP contribution in [0, 0.1) is 0 Å². The Morgan fingerprint density at radius 1 is 1.06 bits per heavy atom. The monoisotopic (exact) mass is 251 g/mol. The number of hydrogen-bond donors (Lipinski definition) is 1. The highest BCUT2D eigenvalue weighted by Crippen LogP contribution is 2.31. The first-order chi connectivity index (χ1) is 8.69. The third-order valence-electron chi connectivity index (χ3n) is 5.03. The van der Waals surface area contributed by atoms with Crippen molar-refractivity contribution in [1.82, 2.24) is 9.80 Å². The van der Waals surface area contributed by atoms with Gasteiger partial charge in [-0.1, -0.05) is 12.8 Å². The fraction of sp³-hybridized carbons (Fsp3) is 0.929. The van der Waals surface area contributed by atoms with Crippen molar-refractivity contribution in [2.24, 2.45) is 5.73 Å². The van der Waals surface area contributed by atoms with Gasteiger partial charge >= 0.3 is 0 Å². The number of nitrogens with zero attached hydrogens (tertiary/aromatic N) is 2. The van der Waals surface area contributed by atoms with Gasteiger partial charge in [0.25, 0.3) is 0 Å². The van der Waals surface area contributed by atoms with Crippen molar-refractivity contribution in [2.45, 2.75) is 56.5 Å². The maximum absolute atomic E-state index is 12.5. The van der Waals surface area contributed by atoms with E-state index in [4.69, 9.17) is 5.73 Å². The van der Waals surface area contributed by atoms with Crippen LogP contribution in [0.4, 0.5) is 0 Å². The summed E-state index contributed by atoms with van der Waals surface area (Å²) in [6.45, 7) is 4.28. The van der Waals surface area contributed by atoms with Crippen LogP contribution < -0.4 is 5.73 Å². The number of likely N-dealkylation sites (tertiary alicyclic amines) is 2. The summed E-state index contributed by atoms with van der Waals surface area (Å²) in [5.41, 5.74) is 5.75. The Morgan fingerprint density at radius 2 is 1.72 bits per heavy atom. The molecule has 0 spiro atoms. The molecule has 0 bridgehead atoms. The molecule has 18 heavy (non-hydrogen) atoms. The van der Waals surface area contributed by atoms with E-state index in [0.29, 0.717) is 6.04 Å². The summed E-state index contributed by atoms with van der Waals surface area (Å²) in [5, 5.41) is 0. The molecule has 1 saturated carbocycles. The van der Waals surface area contributed by atoms with Crippen LogP contribution in [0.3, 0.4) is 0 Å². The summed E-state index contributed by atoms with van der Waals surface area (Å²) >= 11 is 0. The van der Waals surface area contributed by atoms with Crippen LogP contribution in [0.5, 0.6) is 0 Å². The quantitative estimate of drug-likeness (QED) is 0.795. The molecule has 1 unspecified atom stereocenters. The normalized spacial score (nSPS) is 32.3. The third kappa shape index (κ3) is 2.16. The minimum atomic E-state index is -0.528. The standard InChI is InChI=1S/C14H25N3O/c15-14(6-1-2-7-14)13(18)17-10-5-12(11-17)16-8-3-4-9-16/h12H,1-11,15H2. The maximum Gasteiger partial charge on any atom is 0.242 e. The van der Waals surface area contributed by atoms with Gasteiger partial charge in [0.05, 0.1) is 5.54 Å². The van der Waals surface area contributed by atoms with Crippen molar-refractivity contribution in [3.8, 4) is 0 Å². The molecule has 3 aliphatic rings. The molecule has 2 aliphatic heterocycles. The summed E-state index contributed by atoms with van der Waals surface area (Å²) in [6.07, 6.45) is 7.79. The summed E-state index contributed by atoms with van der Waals surface area (Å²) in [5.74, 6) is 0.224. The first kappa shape index (κ1) is 12.4. The molecule has 2 saturated heterocycles. The minimum absolute atomic E-state index is 0.224. The van der Waals surface area contributed by atoms with Gasteiger partial charge in [0.2, 0.25) is 5.91 Å². The van der Waals surface area contributed by atoms with Gasteiger partial charge in [-0.3, -0.25) is 9.69 Å². The molecule has 1 atom stereocenters. The molecular weight excluding hydrogens is 226 g/mol. The Labute approximate surface area is 109 Å². The molecule has 4 nitrogen and oxygen atoms in total. The lowest BCUT2D eigenvalue weighted by Crippen LogP contribution is -2.53. The number of amides is 1. The first-order valence-corrected chi connectivity index (χ1v) is 7.51. The highest BCUT2D eigenvalue weighted by molar-refractivity contribution is 5.86. The van der Waals surface area contributed by atoms with Gasteiger partial charge in [0.15, 0.2) is 0 Å². The van der Waals surface area contributed by atoms with Crippen LogP contribution in [-0.2, 0) is 4.79 Å². The van der Waals surface area contributed by atoms with Gasteiger partial charge in [0, 0.05) is 19.1 Å². The largest absolute Gasteiger partial charge is 0.339 e. The van der Waals surface area contributed by atoms with E-state index in [1.165, 1.54) is 25.9 Å². The van der Waals surface area contributed by atoms with Gasteiger partial charge in [-0.2, -0.15) is 0 Å². The average molecular weight is 251 g/mol. The Morgan fingerprint density at radius 3 is 2.39 bits per heavy atom. The van der Waals surface area contributed by atoms with Crippen LogP contribution in [0.1, 0.15) is 44.9 Å². The number of rotatable bonds is 2. The van der Waals surface area contributed by atoms with Crippen LogP contribution in [0.25, 0.3) is 0 Å². The lowest BCUT2D eigenvalue weighted by atomic mass is 9.97. The molecule has 1 aliphatic carbocycles. The van der Waals surface area contributed by atoms with E-state index < -0.39 is 5.54 Å². The summed E-state index contributed by atoms with van der Waals surface area (Å²) < 4.78 is 0. The van der Waals surface area contributed by atoms with Crippen molar-refractivity contribution < 1.29 is 4.79 Å². The average Bonchev–Trinajstić information content (AvgIpc) is 3.09. The van der Waals surface area contributed by atoms with Crippen LogP contribution in [-0.4, -0.2) is 53.5 Å². The zero-order chi connectivity index (χ0) is 12.6. The molecular formula is C14H25N3O.